The maximum absolute atomic E-state index is 10.8. The van der Waals surface area contributed by atoms with Gasteiger partial charge in [0.05, 0.1) is 0 Å². The topological polar surface area (TPSA) is 42.0 Å². The van der Waals surface area contributed by atoms with Gasteiger partial charge in [-0.25, -0.2) is 0 Å². The average Bonchev–Trinajstić information content (AvgIpc) is 2.16. The minimum Gasteiger partial charge on any atom is -0.356 e. The fraction of sp³-hybridized carbons (Fsp3) is 0.111. The van der Waals surface area contributed by atoms with E-state index in [9.17, 15) is 4.79 Å². The molecule has 1 N–H and O–H groups in total. The smallest absolute Gasteiger partial charge is 0.243 e. The lowest BCUT2D eigenvalue weighted by atomic mass is 10.2. The molecule has 0 radical (unpaired) electrons. The van der Waals surface area contributed by atoms with Crippen molar-refractivity contribution in [2.45, 2.75) is 0 Å². The number of aromatic nitrogens is 1. The van der Waals surface area contributed by atoms with Crippen molar-refractivity contribution in [1.82, 2.24) is 10.3 Å². The molecule has 0 aliphatic carbocycles. The van der Waals surface area contributed by atoms with Gasteiger partial charge in [0, 0.05) is 25.5 Å². The van der Waals surface area contributed by atoms with E-state index < -0.39 is 0 Å². The van der Waals surface area contributed by atoms with E-state index in [2.05, 4.69) is 10.3 Å². The van der Waals surface area contributed by atoms with Crippen LogP contribution in [0.1, 0.15) is 5.56 Å². The predicted octanol–water partition coefficient (Wildman–Crippen LogP) is 0.841. The molecule has 12 heavy (non-hydrogen) atoms. The van der Waals surface area contributed by atoms with Crippen LogP contribution in [0.3, 0.4) is 0 Å². The lowest BCUT2D eigenvalue weighted by Crippen LogP contribution is -2.13. The second-order valence-corrected chi connectivity index (χ2v) is 2.23. The third-order valence-electron chi connectivity index (χ3n) is 1.36. The largest absolute Gasteiger partial charge is 0.356 e. The first-order chi connectivity index (χ1) is 5.83. The number of carbonyl (C=O) groups excluding carboxylic acids is 1. The van der Waals surface area contributed by atoms with Crippen LogP contribution in [-0.4, -0.2) is 17.9 Å². The van der Waals surface area contributed by atoms with Crippen LogP contribution in [0.25, 0.3) is 6.08 Å². The molecule has 0 aromatic carbocycles. The average molecular weight is 162 g/mol. The third kappa shape index (κ3) is 2.54. The molecule has 3 nitrogen and oxygen atoms in total. The quantitative estimate of drug-likeness (QED) is 0.655. The summed E-state index contributed by atoms with van der Waals surface area (Å²) < 4.78 is 0. The minimum absolute atomic E-state index is 0.112. The van der Waals surface area contributed by atoms with Crippen LogP contribution in [0.15, 0.2) is 30.6 Å². The van der Waals surface area contributed by atoms with E-state index in [1.807, 2.05) is 12.1 Å². The maximum atomic E-state index is 10.8. The molecule has 3 heteroatoms. The van der Waals surface area contributed by atoms with Crippen molar-refractivity contribution in [3.63, 3.8) is 0 Å². The van der Waals surface area contributed by atoms with E-state index in [0.29, 0.717) is 0 Å². The van der Waals surface area contributed by atoms with Gasteiger partial charge in [-0.1, -0.05) is 6.07 Å². The molecule has 0 fully saturated rings. The van der Waals surface area contributed by atoms with Crippen LogP contribution in [0.2, 0.25) is 0 Å². The van der Waals surface area contributed by atoms with E-state index in [1.54, 1.807) is 25.5 Å². The molecule has 1 heterocycles. The van der Waals surface area contributed by atoms with Crippen LogP contribution in [0, 0.1) is 0 Å². The molecule has 1 amide bonds. The van der Waals surface area contributed by atoms with E-state index in [-0.39, 0.29) is 5.91 Å². The van der Waals surface area contributed by atoms with Crippen molar-refractivity contribution in [3.8, 4) is 0 Å². The van der Waals surface area contributed by atoms with E-state index in [1.165, 1.54) is 6.08 Å². The number of hydrogen-bond donors (Lipinski definition) is 1. The lowest BCUT2D eigenvalue weighted by Gasteiger charge is -1.90. The summed E-state index contributed by atoms with van der Waals surface area (Å²) in [4.78, 5) is 14.7. The van der Waals surface area contributed by atoms with Gasteiger partial charge in [-0.05, 0) is 17.7 Å². The summed E-state index contributed by atoms with van der Waals surface area (Å²) in [5.41, 5.74) is 0.918. The number of amides is 1. The highest BCUT2D eigenvalue weighted by Gasteiger charge is 1.88. The van der Waals surface area contributed by atoms with Crippen molar-refractivity contribution >= 4 is 12.0 Å². The Morgan fingerprint density at radius 1 is 1.67 bits per heavy atom. The van der Waals surface area contributed by atoms with Crippen LogP contribution >= 0.6 is 0 Å². The first-order valence-corrected chi connectivity index (χ1v) is 3.63. The van der Waals surface area contributed by atoms with Gasteiger partial charge in [0.1, 0.15) is 0 Å². The van der Waals surface area contributed by atoms with E-state index in [4.69, 9.17) is 0 Å². The fourth-order valence-corrected chi connectivity index (χ4v) is 0.730. The number of hydrogen-bond acceptors (Lipinski definition) is 2. The van der Waals surface area contributed by atoms with Gasteiger partial charge in [-0.3, -0.25) is 9.78 Å². The maximum Gasteiger partial charge on any atom is 0.243 e. The van der Waals surface area contributed by atoms with Crippen LogP contribution in [0.5, 0.6) is 0 Å². The highest BCUT2D eigenvalue weighted by molar-refractivity contribution is 5.91. The molecule has 1 aromatic heterocycles. The highest BCUT2D eigenvalue weighted by atomic mass is 16.1. The summed E-state index contributed by atoms with van der Waals surface area (Å²) in [5.74, 6) is -0.112. The standard InChI is InChI=1S/C9H10N2O/c1-10-9(12)5-4-8-3-2-6-11-7-8/h2-7H,1H3,(H,10,12)/b5-4+. The van der Waals surface area contributed by atoms with Gasteiger partial charge >= 0.3 is 0 Å². The normalized spacial score (nSPS) is 10.1. The third-order valence-corrected chi connectivity index (χ3v) is 1.36. The summed E-state index contributed by atoms with van der Waals surface area (Å²) in [5, 5.41) is 2.49. The first kappa shape index (κ1) is 8.46. The molecule has 0 aliphatic rings. The monoisotopic (exact) mass is 162 g/mol. The zero-order valence-corrected chi connectivity index (χ0v) is 6.82. The molecule has 0 spiro atoms. The van der Waals surface area contributed by atoms with Crippen LogP contribution in [0.4, 0.5) is 0 Å². The highest BCUT2D eigenvalue weighted by Crippen LogP contribution is 1.97. The summed E-state index contributed by atoms with van der Waals surface area (Å²) >= 11 is 0. The summed E-state index contributed by atoms with van der Waals surface area (Å²) in [6.45, 7) is 0. The van der Waals surface area contributed by atoms with Crippen molar-refractivity contribution in [1.29, 1.82) is 0 Å². The molecule has 1 rings (SSSR count). The molecule has 0 saturated heterocycles. The molecule has 0 unspecified atom stereocenters. The number of nitrogens with one attached hydrogen (secondary N) is 1. The van der Waals surface area contributed by atoms with Gasteiger partial charge in [0.2, 0.25) is 5.91 Å². The van der Waals surface area contributed by atoms with Crippen molar-refractivity contribution in [2.24, 2.45) is 0 Å². The van der Waals surface area contributed by atoms with Gasteiger partial charge in [-0.15, -0.1) is 0 Å². The zero-order valence-electron chi connectivity index (χ0n) is 6.82. The Morgan fingerprint density at radius 3 is 3.08 bits per heavy atom. The number of carbonyl (C=O) groups is 1. The van der Waals surface area contributed by atoms with E-state index in [0.717, 1.165) is 5.56 Å². The molecule has 0 bridgehead atoms. The lowest BCUT2D eigenvalue weighted by molar-refractivity contribution is -0.115. The van der Waals surface area contributed by atoms with Gasteiger partial charge < -0.3 is 5.32 Å². The number of pyridine rings is 1. The Kier molecular flexibility index (Phi) is 3.02. The molecular formula is C9H10N2O. The Labute approximate surface area is 71.1 Å². The first-order valence-electron chi connectivity index (χ1n) is 3.63. The van der Waals surface area contributed by atoms with Gasteiger partial charge in [0.15, 0.2) is 0 Å². The van der Waals surface area contributed by atoms with Gasteiger partial charge in [0.25, 0.3) is 0 Å². The Morgan fingerprint density at radius 2 is 2.50 bits per heavy atom. The number of nitrogens with zero attached hydrogens (tertiary/aromatic N) is 1. The van der Waals surface area contributed by atoms with E-state index >= 15 is 0 Å². The van der Waals surface area contributed by atoms with Crippen LogP contribution < -0.4 is 5.32 Å². The molecule has 1 aromatic rings. The number of likely N-dealkylation sites (N-methyl/N-ethyl adjacent to an activating group) is 1. The van der Waals surface area contributed by atoms with Crippen molar-refractivity contribution in [3.05, 3.63) is 36.2 Å². The Balaban J connectivity index is 2.64. The SMILES string of the molecule is CNC(=O)/C=C/c1cccnc1. The predicted molar refractivity (Wildman–Crippen MR) is 47.3 cm³/mol. The Bertz CT molecular complexity index is 280. The molecule has 0 aliphatic heterocycles. The molecule has 0 atom stereocenters. The van der Waals surface area contributed by atoms with Crippen molar-refractivity contribution < 1.29 is 4.79 Å². The zero-order chi connectivity index (χ0) is 8.81. The minimum atomic E-state index is -0.112. The molecule has 0 saturated carbocycles. The second-order valence-electron chi connectivity index (χ2n) is 2.23. The number of rotatable bonds is 2. The molecular weight excluding hydrogens is 152 g/mol. The second kappa shape index (κ2) is 4.28. The summed E-state index contributed by atoms with van der Waals surface area (Å²) in [6, 6.07) is 3.70. The summed E-state index contributed by atoms with van der Waals surface area (Å²) in [6.07, 6.45) is 6.57. The fourth-order valence-electron chi connectivity index (χ4n) is 0.730. The van der Waals surface area contributed by atoms with Crippen molar-refractivity contribution in [2.75, 3.05) is 7.05 Å². The molecule has 62 valence electrons. The van der Waals surface area contributed by atoms with Gasteiger partial charge in [-0.2, -0.15) is 0 Å². The van der Waals surface area contributed by atoms with Crippen LogP contribution in [-0.2, 0) is 4.79 Å². The Hall–Kier alpha value is -1.64. The summed E-state index contributed by atoms with van der Waals surface area (Å²) in [7, 11) is 1.59.